The molecule has 126 valence electrons. The van der Waals surface area contributed by atoms with Crippen molar-refractivity contribution in [2.75, 3.05) is 19.8 Å². The van der Waals surface area contributed by atoms with Crippen molar-refractivity contribution >= 4 is 0 Å². The van der Waals surface area contributed by atoms with E-state index in [4.69, 9.17) is 4.74 Å². The van der Waals surface area contributed by atoms with Gasteiger partial charge in [-0.05, 0) is 39.2 Å². The molecular formula is C18H25FN2O2. The van der Waals surface area contributed by atoms with Crippen LogP contribution < -0.4 is 5.32 Å². The predicted octanol–water partition coefficient (Wildman–Crippen LogP) is 2.72. The third kappa shape index (κ3) is 4.51. The van der Waals surface area contributed by atoms with Crippen LogP contribution in [0.25, 0.3) is 0 Å². The highest BCUT2D eigenvalue weighted by atomic mass is 19.1. The van der Waals surface area contributed by atoms with Crippen molar-refractivity contribution in [3.8, 4) is 6.07 Å². The monoisotopic (exact) mass is 320 g/mol. The fourth-order valence-electron chi connectivity index (χ4n) is 3.08. The summed E-state index contributed by atoms with van der Waals surface area (Å²) in [5.41, 5.74) is -0.545. The summed E-state index contributed by atoms with van der Waals surface area (Å²) < 4.78 is 19.2. The number of aliphatic hydroxyl groups excluding tert-OH is 1. The normalized spacial score (nSPS) is 19.1. The Hall–Kier alpha value is -1.48. The first-order valence-corrected chi connectivity index (χ1v) is 8.06. The molecule has 0 aromatic heterocycles. The molecule has 0 saturated carbocycles. The molecule has 1 aromatic rings. The van der Waals surface area contributed by atoms with Gasteiger partial charge in [-0.2, -0.15) is 5.26 Å². The van der Waals surface area contributed by atoms with E-state index in [1.165, 1.54) is 6.07 Å². The van der Waals surface area contributed by atoms with Gasteiger partial charge in [0, 0.05) is 30.9 Å². The number of benzene rings is 1. The van der Waals surface area contributed by atoms with Gasteiger partial charge in [0.2, 0.25) is 0 Å². The van der Waals surface area contributed by atoms with Crippen molar-refractivity contribution in [3.63, 3.8) is 0 Å². The minimum atomic E-state index is -0.654. The average Bonchev–Trinajstić information content (AvgIpc) is 2.54. The Kier molecular flexibility index (Phi) is 5.74. The number of nitriles is 1. The first-order valence-electron chi connectivity index (χ1n) is 8.06. The van der Waals surface area contributed by atoms with Crippen molar-refractivity contribution in [3.05, 3.63) is 35.6 Å². The molecule has 5 heteroatoms. The van der Waals surface area contributed by atoms with Crippen LogP contribution in [-0.2, 0) is 10.3 Å². The zero-order chi connectivity index (χ0) is 16.9. The summed E-state index contributed by atoms with van der Waals surface area (Å²) in [6.45, 7) is 5.20. The number of nitrogens with one attached hydrogen (secondary N) is 1. The van der Waals surface area contributed by atoms with Crippen LogP contribution in [-0.4, -0.2) is 31.0 Å². The molecule has 0 radical (unpaired) electrons. The lowest BCUT2D eigenvalue weighted by Crippen LogP contribution is -2.43. The van der Waals surface area contributed by atoms with Gasteiger partial charge in [-0.1, -0.05) is 18.2 Å². The molecule has 23 heavy (non-hydrogen) atoms. The van der Waals surface area contributed by atoms with Gasteiger partial charge in [-0.15, -0.1) is 0 Å². The smallest absolute Gasteiger partial charge is 0.128 e. The van der Waals surface area contributed by atoms with E-state index >= 15 is 0 Å². The first-order chi connectivity index (χ1) is 10.9. The van der Waals surface area contributed by atoms with Crippen LogP contribution in [0, 0.1) is 22.6 Å². The van der Waals surface area contributed by atoms with Crippen LogP contribution in [0.4, 0.5) is 4.39 Å². The molecule has 4 nitrogen and oxygen atoms in total. The van der Waals surface area contributed by atoms with Gasteiger partial charge in [-0.25, -0.2) is 4.39 Å². The van der Waals surface area contributed by atoms with Crippen LogP contribution in [0.15, 0.2) is 24.3 Å². The van der Waals surface area contributed by atoms with E-state index in [2.05, 4.69) is 11.4 Å². The number of rotatable bonds is 6. The fourth-order valence-corrected chi connectivity index (χ4v) is 3.08. The predicted molar refractivity (Wildman–Crippen MR) is 86.2 cm³/mol. The fraction of sp³-hybridized carbons (Fsp3) is 0.611. The maximum Gasteiger partial charge on any atom is 0.128 e. The second-order valence-corrected chi connectivity index (χ2v) is 6.85. The summed E-state index contributed by atoms with van der Waals surface area (Å²) >= 11 is 0. The molecule has 2 N–H and O–H groups in total. The van der Waals surface area contributed by atoms with Gasteiger partial charge in [0.1, 0.15) is 5.82 Å². The molecule has 1 atom stereocenters. The van der Waals surface area contributed by atoms with Crippen LogP contribution in [0.2, 0.25) is 0 Å². The average molecular weight is 320 g/mol. The molecule has 2 rings (SSSR count). The highest BCUT2D eigenvalue weighted by Gasteiger charge is 2.35. The number of halogens is 1. The molecule has 1 heterocycles. The Morgan fingerprint density at radius 1 is 1.39 bits per heavy atom. The molecule has 1 fully saturated rings. The third-order valence-electron chi connectivity index (χ3n) is 4.64. The Labute approximate surface area is 137 Å². The molecule has 0 aliphatic carbocycles. The van der Waals surface area contributed by atoms with E-state index in [1.54, 1.807) is 18.2 Å². The summed E-state index contributed by atoms with van der Waals surface area (Å²) in [7, 11) is 0. The van der Waals surface area contributed by atoms with Gasteiger partial charge in [0.05, 0.1) is 17.6 Å². The molecule has 0 bridgehead atoms. The van der Waals surface area contributed by atoms with E-state index < -0.39 is 17.1 Å². The zero-order valence-electron chi connectivity index (χ0n) is 13.8. The van der Waals surface area contributed by atoms with Crippen molar-refractivity contribution in [1.82, 2.24) is 5.32 Å². The van der Waals surface area contributed by atoms with Gasteiger partial charge < -0.3 is 15.2 Å². The van der Waals surface area contributed by atoms with Crippen LogP contribution >= 0.6 is 0 Å². The SMILES string of the molecule is CC(C)(NCC(O)CC1(C#N)CCOCC1)c1ccccc1F. The topological polar surface area (TPSA) is 65.3 Å². The minimum absolute atomic E-state index is 0.266. The van der Waals surface area contributed by atoms with E-state index in [0.29, 0.717) is 44.6 Å². The van der Waals surface area contributed by atoms with E-state index in [9.17, 15) is 14.8 Å². The van der Waals surface area contributed by atoms with Crippen molar-refractivity contribution in [2.24, 2.45) is 5.41 Å². The first kappa shape index (κ1) is 17.9. The second-order valence-electron chi connectivity index (χ2n) is 6.85. The Balaban J connectivity index is 1.94. The van der Waals surface area contributed by atoms with Crippen molar-refractivity contribution in [1.29, 1.82) is 5.26 Å². The number of ether oxygens (including phenoxy) is 1. The molecule has 1 saturated heterocycles. The Morgan fingerprint density at radius 2 is 2.04 bits per heavy atom. The van der Waals surface area contributed by atoms with Gasteiger partial charge in [0.25, 0.3) is 0 Å². The van der Waals surface area contributed by atoms with Crippen LogP contribution in [0.5, 0.6) is 0 Å². The third-order valence-corrected chi connectivity index (χ3v) is 4.64. The molecule has 0 spiro atoms. The number of hydrogen-bond acceptors (Lipinski definition) is 4. The van der Waals surface area contributed by atoms with Crippen molar-refractivity contribution < 1.29 is 14.2 Å². The van der Waals surface area contributed by atoms with Gasteiger partial charge in [0.15, 0.2) is 0 Å². The van der Waals surface area contributed by atoms with Crippen LogP contribution in [0.3, 0.4) is 0 Å². The Bertz CT molecular complexity index is 562. The Morgan fingerprint density at radius 3 is 2.65 bits per heavy atom. The quantitative estimate of drug-likeness (QED) is 0.846. The number of nitrogens with zero attached hydrogens (tertiary/aromatic N) is 1. The summed E-state index contributed by atoms with van der Waals surface area (Å²) in [6, 6.07) is 8.99. The molecule has 1 aromatic carbocycles. The lowest BCUT2D eigenvalue weighted by atomic mass is 9.77. The number of hydrogen-bond donors (Lipinski definition) is 2. The van der Waals surface area contributed by atoms with Crippen LogP contribution in [0.1, 0.15) is 38.7 Å². The highest BCUT2D eigenvalue weighted by Crippen LogP contribution is 2.34. The highest BCUT2D eigenvalue weighted by molar-refractivity contribution is 5.24. The summed E-state index contributed by atoms with van der Waals surface area (Å²) in [4.78, 5) is 0. The minimum Gasteiger partial charge on any atom is -0.392 e. The van der Waals surface area contributed by atoms with E-state index in [1.807, 2.05) is 13.8 Å². The lowest BCUT2D eigenvalue weighted by molar-refractivity contribution is 0.0130. The standard InChI is InChI=1S/C18H25FN2O2/c1-17(2,15-5-3-4-6-16(15)19)21-12-14(22)11-18(13-20)7-9-23-10-8-18/h3-6,14,21-22H,7-12H2,1-2H3. The summed E-state index contributed by atoms with van der Waals surface area (Å²) in [5, 5.41) is 23.0. The van der Waals surface area contributed by atoms with E-state index in [-0.39, 0.29) is 5.82 Å². The summed E-state index contributed by atoms with van der Waals surface area (Å²) in [6.07, 6.45) is 1.06. The largest absolute Gasteiger partial charge is 0.392 e. The van der Waals surface area contributed by atoms with E-state index in [0.717, 1.165) is 0 Å². The molecule has 0 amide bonds. The maximum absolute atomic E-state index is 13.9. The van der Waals surface area contributed by atoms with Crippen molar-refractivity contribution in [2.45, 2.75) is 44.8 Å². The lowest BCUT2D eigenvalue weighted by Gasteiger charge is -2.34. The number of aliphatic hydroxyl groups is 1. The summed E-state index contributed by atoms with van der Waals surface area (Å²) in [5.74, 6) is -0.266. The zero-order valence-corrected chi connectivity index (χ0v) is 13.8. The second kappa shape index (κ2) is 7.39. The molecular weight excluding hydrogens is 295 g/mol. The molecule has 1 aliphatic heterocycles. The van der Waals surface area contributed by atoms with Gasteiger partial charge >= 0.3 is 0 Å². The maximum atomic E-state index is 13.9. The molecule has 1 aliphatic rings. The van der Waals surface area contributed by atoms with Gasteiger partial charge in [-0.3, -0.25) is 0 Å². The molecule has 1 unspecified atom stereocenters.